The molecule has 0 bridgehead atoms. The average Bonchev–Trinajstić information content (AvgIpc) is 1.00. The third kappa shape index (κ3) is 9.09. The Hall–Kier alpha value is 1.89. The second-order valence-electron chi connectivity index (χ2n) is 0. The molecule has 0 heterocycles. The van der Waals surface area contributed by atoms with Gasteiger partial charge < -0.3 is 1.43 Å². The van der Waals surface area contributed by atoms with Gasteiger partial charge in [0, 0.05) is 0 Å². The summed E-state index contributed by atoms with van der Waals surface area (Å²) in [6.45, 7) is 0. The zero-order valence-electron chi connectivity index (χ0n) is 3.12. The van der Waals surface area contributed by atoms with Crippen LogP contribution < -0.4 is 18.9 Å². The summed E-state index contributed by atoms with van der Waals surface area (Å²) in [6, 6.07) is 0. The Kier molecular flexibility index (Phi) is 87.3. The Morgan fingerprint density at radius 2 is 1.50 bits per heavy atom. The van der Waals surface area contributed by atoms with Gasteiger partial charge in [-0.05, 0) is 0 Å². The van der Waals surface area contributed by atoms with Crippen LogP contribution in [0.5, 0.6) is 0 Å². The summed E-state index contributed by atoms with van der Waals surface area (Å²) < 4.78 is 8.38. The zero-order valence-corrected chi connectivity index (χ0v) is 5.08. The summed E-state index contributed by atoms with van der Waals surface area (Å²) in [7, 11) is 0. The Morgan fingerprint density at radius 3 is 1.50 bits per heavy atom. The fourth-order valence-corrected chi connectivity index (χ4v) is 0. The van der Waals surface area contributed by atoms with Crippen molar-refractivity contribution in [2.45, 2.75) is 0 Å². The minimum absolute atomic E-state index is 0. The molecular weight excluding hydrogens is 203 g/mol. The second-order valence-corrected chi connectivity index (χ2v) is 0. The van der Waals surface area contributed by atoms with Gasteiger partial charge in [0.1, 0.15) is 0 Å². The number of hydrogen-bond acceptors (Lipinski definition) is 1. The molecule has 0 unspecified atom stereocenters. The monoisotopic (exact) mass is 206 g/mol. The van der Waals surface area contributed by atoms with Gasteiger partial charge in [-0.1, -0.05) is 0 Å². The van der Waals surface area contributed by atoms with Crippen LogP contribution in [-0.4, -0.2) is 25.8 Å². The maximum atomic E-state index is 8.38. The summed E-state index contributed by atoms with van der Waals surface area (Å²) in [5, 5.41) is 0. The predicted molar refractivity (Wildman–Crippen MR) is 11.7 cm³/mol. The van der Waals surface area contributed by atoms with Crippen LogP contribution in [0.4, 0.5) is 0 Å². The molecule has 0 radical (unpaired) electrons. The van der Waals surface area contributed by atoms with Crippen LogP contribution in [-0.2, 0) is 21.8 Å². The van der Waals surface area contributed by atoms with E-state index in [0.717, 1.165) is 0 Å². The summed E-state index contributed by atoms with van der Waals surface area (Å²) in [5.41, 5.74) is 0. The molecule has 0 rings (SSSR count). The Balaban J connectivity index is -0.00000000167. The van der Waals surface area contributed by atoms with Crippen LogP contribution in [0.25, 0.3) is 0 Å². The molecule has 0 aromatic carbocycles. The van der Waals surface area contributed by atoms with E-state index < -0.39 is 0 Å². The van der Waals surface area contributed by atoms with E-state index in [0.29, 0.717) is 0 Å². The maximum absolute atomic E-state index is 8.38. The quantitative estimate of drug-likeness (QED) is 0.368. The molecule has 0 saturated carbocycles. The van der Waals surface area contributed by atoms with Crippen LogP contribution in [0.3, 0.4) is 0 Å². The molecule has 16 valence electrons. The van der Waals surface area contributed by atoms with Gasteiger partial charge in [-0.15, -0.1) is 0 Å². The van der Waals surface area contributed by atoms with E-state index in [1.807, 2.05) is 0 Å². The molecular formula is H4InLiOZn. The van der Waals surface area contributed by atoms with Gasteiger partial charge in [-0.25, -0.2) is 0 Å². The molecule has 0 spiro atoms. The van der Waals surface area contributed by atoms with Crippen molar-refractivity contribution < 1.29 is 42.1 Å². The van der Waals surface area contributed by atoms with Crippen LogP contribution in [0.15, 0.2) is 0 Å². The Labute approximate surface area is 67.3 Å². The SMILES string of the molecule is [H-].[InH3].[Li+].[O]=[Zn]. The van der Waals surface area contributed by atoms with Gasteiger partial charge in [0.15, 0.2) is 0 Å². The molecule has 0 aliphatic carbocycles. The Morgan fingerprint density at radius 1 is 1.50 bits per heavy atom. The molecule has 4 heteroatoms. The molecule has 0 atom stereocenters. The van der Waals surface area contributed by atoms with E-state index in [4.69, 9.17) is 3.57 Å². The summed E-state index contributed by atoms with van der Waals surface area (Å²) in [4.78, 5) is 0. The first-order chi connectivity index (χ1) is 1.00. The standard InChI is InChI=1S/In.Li.O.Zn.4H/q;+1;;;;;;-1. The van der Waals surface area contributed by atoms with Gasteiger partial charge in [-0.2, -0.15) is 0 Å². The van der Waals surface area contributed by atoms with Crippen molar-refractivity contribution in [1.29, 1.82) is 0 Å². The fourth-order valence-electron chi connectivity index (χ4n) is 0. The molecule has 0 saturated heterocycles. The van der Waals surface area contributed by atoms with Crippen LogP contribution in [0, 0.1) is 0 Å². The van der Waals surface area contributed by atoms with Gasteiger partial charge in [0.2, 0.25) is 0 Å². The summed E-state index contributed by atoms with van der Waals surface area (Å²) in [6.07, 6.45) is 0. The van der Waals surface area contributed by atoms with E-state index >= 15 is 0 Å². The van der Waals surface area contributed by atoms with Gasteiger partial charge in [-0.3, -0.25) is 0 Å². The molecule has 0 aromatic heterocycles. The van der Waals surface area contributed by atoms with E-state index in [9.17, 15) is 0 Å². The van der Waals surface area contributed by atoms with Crippen molar-refractivity contribution in [3.05, 3.63) is 0 Å². The van der Waals surface area contributed by atoms with Crippen molar-refractivity contribution in [3.63, 3.8) is 0 Å². The first-order valence-electron chi connectivity index (χ1n) is 0.289. The number of rotatable bonds is 0. The molecule has 0 aromatic rings. The summed E-state index contributed by atoms with van der Waals surface area (Å²) in [5.74, 6) is 0. The van der Waals surface area contributed by atoms with Crippen molar-refractivity contribution in [3.8, 4) is 0 Å². The van der Waals surface area contributed by atoms with Gasteiger partial charge in [0.25, 0.3) is 0 Å². The van der Waals surface area contributed by atoms with E-state index in [1.54, 1.807) is 0 Å². The van der Waals surface area contributed by atoms with Gasteiger partial charge in [0.05, 0.1) is 0 Å². The van der Waals surface area contributed by atoms with Crippen LogP contribution in [0.1, 0.15) is 1.43 Å². The van der Waals surface area contributed by atoms with Crippen molar-refractivity contribution in [2.75, 3.05) is 0 Å². The fraction of sp³-hybridized carbons (Fsp3) is 0. The van der Waals surface area contributed by atoms with Crippen molar-refractivity contribution in [1.82, 2.24) is 0 Å². The number of hydrogen-bond donors (Lipinski definition) is 0. The topological polar surface area (TPSA) is 17.1 Å². The zero-order chi connectivity index (χ0) is 2.00. The molecule has 0 N–H and O–H groups in total. The molecule has 0 amide bonds. The van der Waals surface area contributed by atoms with E-state index in [2.05, 4.69) is 0 Å². The third-order valence-electron chi connectivity index (χ3n) is 0. The van der Waals surface area contributed by atoms with E-state index in [1.165, 1.54) is 0 Å². The molecule has 0 aliphatic rings. The molecule has 1 nitrogen and oxygen atoms in total. The molecule has 0 fully saturated rings. The second kappa shape index (κ2) is 20.7. The van der Waals surface area contributed by atoms with E-state index in [-0.39, 0.29) is 64.4 Å². The predicted octanol–water partition coefficient (Wildman–Crippen LogP) is -4.19. The first-order valence-corrected chi connectivity index (χ1v) is 1.50. The molecule has 4 heavy (non-hydrogen) atoms. The van der Waals surface area contributed by atoms with Crippen LogP contribution >= 0.6 is 0 Å². The Bertz CT molecular complexity index is 11.6. The van der Waals surface area contributed by atoms with Crippen molar-refractivity contribution in [2.24, 2.45) is 0 Å². The molecule has 0 aliphatic heterocycles. The summed E-state index contributed by atoms with van der Waals surface area (Å²) >= 11 is 0.125. The van der Waals surface area contributed by atoms with Gasteiger partial charge >= 0.3 is 66.5 Å². The third-order valence-corrected chi connectivity index (χ3v) is 0. The van der Waals surface area contributed by atoms with Crippen molar-refractivity contribution >= 4 is 25.8 Å². The minimum atomic E-state index is 0. The normalized spacial score (nSPS) is 1.50. The van der Waals surface area contributed by atoms with Crippen LogP contribution in [0.2, 0.25) is 0 Å². The average molecular weight is 207 g/mol. The first kappa shape index (κ1) is 16.9.